The predicted octanol–water partition coefficient (Wildman–Crippen LogP) is 4.11. The van der Waals surface area contributed by atoms with Crippen LogP contribution in [-0.4, -0.2) is 49.8 Å². The van der Waals surface area contributed by atoms with Crippen molar-refractivity contribution in [3.8, 4) is 22.6 Å². The van der Waals surface area contributed by atoms with E-state index in [2.05, 4.69) is 52.5 Å². The Labute approximate surface area is 198 Å². The highest BCUT2D eigenvalue weighted by molar-refractivity contribution is 5.75. The molecule has 1 aliphatic carbocycles. The lowest BCUT2D eigenvalue weighted by atomic mass is 9.76. The maximum absolute atomic E-state index is 12.0. The van der Waals surface area contributed by atoms with Crippen molar-refractivity contribution in [2.45, 2.75) is 38.6 Å². The summed E-state index contributed by atoms with van der Waals surface area (Å²) < 4.78 is 7.23. The summed E-state index contributed by atoms with van der Waals surface area (Å²) >= 11 is 0. The second kappa shape index (κ2) is 8.52. The summed E-state index contributed by atoms with van der Waals surface area (Å²) in [6.45, 7) is 4.35. The molecule has 1 unspecified atom stereocenters. The standard InChI is InChI=1S/C26H28N6O2/c1-17-5-6-19(13-27-17)18-7-9-21(10-8-18)26(2,22-11-12-22)25-29-24(34-30-25)20-14-28-32(15-20)16-23(33)31(3)4/h5-10,13-15,22H,11-12,16H2,1-4H3. The number of aromatic nitrogens is 5. The van der Waals surface area contributed by atoms with E-state index in [9.17, 15) is 4.79 Å². The molecule has 4 aromatic rings. The summed E-state index contributed by atoms with van der Waals surface area (Å²) in [7, 11) is 3.44. The molecule has 0 radical (unpaired) electrons. The van der Waals surface area contributed by atoms with Gasteiger partial charge in [-0.3, -0.25) is 14.5 Å². The number of nitrogens with zero attached hydrogens (tertiary/aromatic N) is 6. The molecule has 3 heterocycles. The van der Waals surface area contributed by atoms with Crippen molar-refractivity contribution in [1.82, 2.24) is 29.8 Å². The van der Waals surface area contributed by atoms with Crippen molar-refractivity contribution >= 4 is 5.91 Å². The van der Waals surface area contributed by atoms with Gasteiger partial charge in [0.25, 0.3) is 5.89 Å². The SMILES string of the molecule is Cc1ccc(-c2ccc(C(C)(c3noc(-c4cnn(CC(=O)N(C)C)c4)n3)C3CC3)cc2)cn1. The first-order valence-corrected chi connectivity index (χ1v) is 11.5. The van der Waals surface area contributed by atoms with Gasteiger partial charge in [0.2, 0.25) is 5.91 Å². The molecule has 8 nitrogen and oxygen atoms in total. The molecule has 1 aliphatic rings. The minimum absolute atomic E-state index is 0.0351. The fraction of sp³-hybridized carbons (Fsp3) is 0.346. The van der Waals surface area contributed by atoms with Gasteiger partial charge >= 0.3 is 0 Å². The lowest BCUT2D eigenvalue weighted by molar-refractivity contribution is -0.129. The number of amides is 1. The van der Waals surface area contributed by atoms with Crippen LogP contribution >= 0.6 is 0 Å². The summed E-state index contributed by atoms with van der Waals surface area (Å²) in [4.78, 5) is 22.7. The third-order valence-corrected chi connectivity index (χ3v) is 6.69. The van der Waals surface area contributed by atoms with Crippen LogP contribution in [0.4, 0.5) is 0 Å². The average molecular weight is 457 g/mol. The van der Waals surface area contributed by atoms with Crippen molar-refractivity contribution in [3.63, 3.8) is 0 Å². The Morgan fingerprint density at radius 3 is 2.47 bits per heavy atom. The molecule has 0 bridgehead atoms. The van der Waals surface area contributed by atoms with Gasteiger partial charge in [-0.05, 0) is 49.8 Å². The molecule has 1 fully saturated rings. The Balaban J connectivity index is 1.41. The van der Waals surface area contributed by atoms with Gasteiger partial charge in [-0.2, -0.15) is 10.1 Å². The van der Waals surface area contributed by atoms with E-state index in [4.69, 9.17) is 9.51 Å². The Morgan fingerprint density at radius 2 is 1.82 bits per heavy atom. The number of benzene rings is 1. The molecule has 3 aromatic heterocycles. The van der Waals surface area contributed by atoms with Crippen LogP contribution in [0.2, 0.25) is 0 Å². The van der Waals surface area contributed by atoms with Crippen molar-refractivity contribution < 1.29 is 9.32 Å². The Bertz CT molecular complexity index is 1300. The highest BCUT2D eigenvalue weighted by Gasteiger charge is 2.47. The van der Waals surface area contributed by atoms with Crippen molar-refractivity contribution in [2.75, 3.05) is 14.1 Å². The average Bonchev–Trinajstić information content (AvgIpc) is 3.39. The number of rotatable bonds is 7. The normalized spacial score (nSPS) is 15.2. The van der Waals surface area contributed by atoms with Crippen LogP contribution in [-0.2, 0) is 16.8 Å². The zero-order chi connectivity index (χ0) is 23.9. The lowest BCUT2D eigenvalue weighted by Crippen LogP contribution is -2.28. The minimum atomic E-state index is -0.345. The monoisotopic (exact) mass is 456 g/mol. The van der Waals surface area contributed by atoms with Gasteiger partial charge in [0.1, 0.15) is 6.54 Å². The van der Waals surface area contributed by atoms with E-state index in [1.807, 2.05) is 19.2 Å². The Kier molecular flexibility index (Phi) is 5.51. The quantitative estimate of drug-likeness (QED) is 0.416. The number of pyridine rings is 1. The number of likely N-dealkylation sites (N-methyl/N-ethyl adjacent to an activating group) is 1. The van der Waals surface area contributed by atoms with Gasteiger partial charge in [-0.15, -0.1) is 0 Å². The van der Waals surface area contributed by atoms with E-state index in [0.29, 0.717) is 23.2 Å². The third kappa shape index (κ3) is 4.11. The highest BCUT2D eigenvalue weighted by Crippen LogP contribution is 2.50. The summed E-state index contributed by atoms with van der Waals surface area (Å²) in [5.41, 5.74) is 4.75. The van der Waals surface area contributed by atoms with Crippen LogP contribution in [0.3, 0.4) is 0 Å². The molecule has 8 heteroatoms. The molecule has 0 aliphatic heterocycles. The topological polar surface area (TPSA) is 89.9 Å². The number of aryl methyl sites for hydroxylation is 1. The molecule has 1 amide bonds. The van der Waals surface area contributed by atoms with Gasteiger partial charge in [0.15, 0.2) is 5.82 Å². The van der Waals surface area contributed by atoms with Crippen molar-refractivity contribution in [3.05, 3.63) is 72.1 Å². The molecular formula is C26H28N6O2. The summed E-state index contributed by atoms with van der Waals surface area (Å²) in [6.07, 6.45) is 7.59. The molecule has 0 N–H and O–H groups in total. The second-order valence-electron chi connectivity index (χ2n) is 9.38. The number of hydrogen-bond acceptors (Lipinski definition) is 6. The smallest absolute Gasteiger partial charge is 0.261 e. The third-order valence-electron chi connectivity index (χ3n) is 6.69. The van der Waals surface area contributed by atoms with Crippen LogP contribution in [0.25, 0.3) is 22.6 Å². The first kappa shape index (κ1) is 22.0. The van der Waals surface area contributed by atoms with Crippen LogP contribution in [0.15, 0.2) is 59.5 Å². The zero-order valence-electron chi connectivity index (χ0n) is 19.9. The van der Waals surface area contributed by atoms with Gasteiger partial charge in [-0.1, -0.05) is 35.5 Å². The predicted molar refractivity (Wildman–Crippen MR) is 128 cm³/mol. The Morgan fingerprint density at radius 1 is 1.09 bits per heavy atom. The first-order chi connectivity index (χ1) is 16.3. The van der Waals surface area contributed by atoms with E-state index < -0.39 is 0 Å². The van der Waals surface area contributed by atoms with Gasteiger partial charge in [-0.25, -0.2) is 0 Å². The maximum atomic E-state index is 12.0. The van der Waals surface area contributed by atoms with E-state index in [-0.39, 0.29) is 17.9 Å². The van der Waals surface area contributed by atoms with Crippen LogP contribution in [0, 0.1) is 12.8 Å². The molecule has 0 spiro atoms. The van der Waals surface area contributed by atoms with Gasteiger partial charge in [0.05, 0.1) is 17.2 Å². The second-order valence-corrected chi connectivity index (χ2v) is 9.38. The van der Waals surface area contributed by atoms with E-state index in [0.717, 1.165) is 29.7 Å². The highest BCUT2D eigenvalue weighted by atomic mass is 16.5. The lowest BCUT2D eigenvalue weighted by Gasteiger charge is -2.27. The van der Waals surface area contributed by atoms with Gasteiger partial charge in [0, 0.05) is 37.7 Å². The van der Waals surface area contributed by atoms with Crippen LogP contribution in [0.5, 0.6) is 0 Å². The Hall–Kier alpha value is -3.81. The summed E-state index contributed by atoms with van der Waals surface area (Å²) in [5, 5.41) is 8.65. The van der Waals surface area contributed by atoms with Crippen LogP contribution in [0.1, 0.15) is 36.8 Å². The molecule has 5 rings (SSSR count). The van der Waals surface area contributed by atoms with Crippen LogP contribution < -0.4 is 0 Å². The molecular weight excluding hydrogens is 428 g/mol. The maximum Gasteiger partial charge on any atom is 0.261 e. The molecule has 1 saturated carbocycles. The summed E-state index contributed by atoms with van der Waals surface area (Å²) in [6, 6.07) is 12.7. The van der Waals surface area contributed by atoms with Crippen molar-refractivity contribution in [1.29, 1.82) is 0 Å². The fourth-order valence-corrected chi connectivity index (χ4v) is 4.25. The number of carbonyl (C=O) groups excluding carboxylic acids is 1. The molecule has 174 valence electrons. The first-order valence-electron chi connectivity index (χ1n) is 11.5. The number of carbonyl (C=O) groups is 1. The summed E-state index contributed by atoms with van der Waals surface area (Å²) in [5.74, 6) is 1.51. The molecule has 0 saturated heterocycles. The van der Waals surface area contributed by atoms with E-state index in [1.54, 1.807) is 31.2 Å². The largest absolute Gasteiger partial charge is 0.347 e. The molecule has 34 heavy (non-hydrogen) atoms. The van der Waals surface area contributed by atoms with E-state index in [1.165, 1.54) is 10.5 Å². The zero-order valence-corrected chi connectivity index (χ0v) is 19.9. The molecule has 1 aromatic carbocycles. The van der Waals surface area contributed by atoms with Gasteiger partial charge < -0.3 is 9.42 Å². The fourth-order valence-electron chi connectivity index (χ4n) is 4.25. The minimum Gasteiger partial charge on any atom is -0.347 e. The van der Waals surface area contributed by atoms with E-state index >= 15 is 0 Å². The molecule has 1 atom stereocenters. The van der Waals surface area contributed by atoms with Crippen molar-refractivity contribution in [2.24, 2.45) is 5.92 Å². The number of hydrogen-bond donors (Lipinski definition) is 0.